The molecule has 4 nitrogen and oxygen atoms in total. The lowest BCUT2D eigenvalue weighted by atomic mass is 9.96. The molecule has 0 atom stereocenters. The fraction of sp³-hybridized carbons (Fsp3) is 0. The number of allylic oxidation sites excluding steroid dienone is 5. The van der Waals surface area contributed by atoms with Crippen molar-refractivity contribution in [3.63, 3.8) is 0 Å². The highest BCUT2D eigenvalue weighted by molar-refractivity contribution is 6.24. The smallest absolute Gasteiger partial charge is 0.288 e. The molecule has 3 rings (SSSR count). The van der Waals surface area contributed by atoms with Crippen LogP contribution in [0.4, 0.5) is 0 Å². The van der Waals surface area contributed by atoms with Gasteiger partial charge in [-0.1, -0.05) is 30.4 Å². The molecule has 0 radical (unpaired) electrons. The van der Waals surface area contributed by atoms with Crippen molar-refractivity contribution in [2.24, 2.45) is 0 Å². The molecule has 0 heterocycles. The molecule has 1 aromatic carbocycles. The minimum Gasteiger partial charge on any atom is -0.289 e. The van der Waals surface area contributed by atoms with Gasteiger partial charge < -0.3 is 0 Å². The second-order valence-corrected chi connectivity index (χ2v) is 3.83. The van der Waals surface area contributed by atoms with Gasteiger partial charge >= 0.3 is 0 Å². The van der Waals surface area contributed by atoms with Crippen LogP contribution >= 0.6 is 0 Å². The van der Waals surface area contributed by atoms with E-state index in [1.165, 1.54) is 6.08 Å². The van der Waals surface area contributed by atoms with Gasteiger partial charge in [-0.2, -0.15) is 0 Å². The van der Waals surface area contributed by atoms with Crippen molar-refractivity contribution < 1.29 is 9.72 Å². The fourth-order valence-electron chi connectivity index (χ4n) is 2.25. The molecule has 0 N–H and O–H groups in total. The van der Waals surface area contributed by atoms with Crippen LogP contribution in [0, 0.1) is 10.1 Å². The highest BCUT2D eigenvalue weighted by Gasteiger charge is 2.37. The Hall–Kier alpha value is -2.49. The first-order chi connectivity index (χ1) is 8.20. The summed E-state index contributed by atoms with van der Waals surface area (Å²) in [6.07, 6.45) is 4.72. The molecule has 2 aliphatic carbocycles. The van der Waals surface area contributed by atoms with Gasteiger partial charge in [0.1, 0.15) is 5.57 Å². The third-order valence-electron chi connectivity index (χ3n) is 2.92. The SMILES string of the molecule is O=C1C=CC=C2C1=C([N+](=O)[O-])c1ccccc12. The molecule has 0 amide bonds. The first-order valence-electron chi connectivity index (χ1n) is 5.11. The lowest BCUT2D eigenvalue weighted by Crippen LogP contribution is -2.06. The number of carbonyl (C=O) groups excluding carboxylic acids is 1. The van der Waals surface area contributed by atoms with Crippen LogP contribution in [0.15, 0.2) is 48.1 Å². The van der Waals surface area contributed by atoms with Crippen LogP contribution < -0.4 is 0 Å². The van der Waals surface area contributed by atoms with Crippen LogP contribution in [-0.2, 0) is 4.79 Å². The average Bonchev–Trinajstić information content (AvgIpc) is 2.65. The molecule has 0 aromatic heterocycles. The van der Waals surface area contributed by atoms with Crippen molar-refractivity contribution in [2.75, 3.05) is 0 Å². The lowest BCUT2D eigenvalue weighted by molar-refractivity contribution is -0.375. The molecule has 0 fully saturated rings. The first kappa shape index (κ1) is 9.72. The van der Waals surface area contributed by atoms with Crippen LogP contribution in [0.1, 0.15) is 11.1 Å². The number of hydrogen-bond acceptors (Lipinski definition) is 3. The molecular formula is C13H7NO3. The number of ketones is 1. The van der Waals surface area contributed by atoms with E-state index < -0.39 is 4.92 Å². The van der Waals surface area contributed by atoms with Gasteiger partial charge in [0.25, 0.3) is 5.70 Å². The van der Waals surface area contributed by atoms with Crippen molar-refractivity contribution in [1.82, 2.24) is 0 Å². The number of carbonyl (C=O) groups is 1. The molecule has 1 aromatic rings. The summed E-state index contributed by atoms with van der Waals surface area (Å²) >= 11 is 0. The van der Waals surface area contributed by atoms with E-state index in [1.54, 1.807) is 30.4 Å². The maximum atomic E-state index is 11.8. The maximum absolute atomic E-state index is 11.8. The zero-order chi connectivity index (χ0) is 12.0. The van der Waals surface area contributed by atoms with Crippen LogP contribution in [0.5, 0.6) is 0 Å². The summed E-state index contributed by atoms with van der Waals surface area (Å²) in [6, 6.07) is 7.01. The maximum Gasteiger partial charge on any atom is 0.288 e. The van der Waals surface area contributed by atoms with Gasteiger partial charge in [0, 0.05) is 5.57 Å². The number of rotatable bonds is 1. The zero-order valence-corrected chi connectivity index (χ0v) is 8.71. The zero-order valence-electron chi connectivity index (χ0n) is 8.71. The molecule has 82 valence electrons. The molecule has 0 unspecified atom stereocenters. The van der Waals surface area contributed by atoms with Crippen LogP contribution in [0.3, 0.4) is 0 Å². The summed E-state index contributed by atoms with van der Waals surface area (Å²) in [5.74, 6) is -0.301. The van der Waals surface area contributed by atoms with Gasteiger partial charge in [-0.15, -0.1) is 0 Å². The summed E-state index contributed by atoms with van der Waals surface area (Å²) in [6.45, 7) is 0. The van der Waals surface area contributed by atoms with E-state index in [2.05, 4.69) is 0 Å². The summed E-state index contributed by atoms with van der Waals surface area (Å²) in [7, 11) is 0. The van der Waals surface area contributed by atoms with Gasteiger partial charge in [0.05, 0.1) is 10.5 Å². The van der Waals surface area contributed by atoms with E-state index in [0.717, 1.165) is 5.56 Å². The number of nitro groups is 1. The standard InChI is InChI=1S/C13H7NO3/c15-11-7-3-6-9-8-4-1-2-5-10(8)13(12(9)11)14(16)17/h1-7H. The highest BCUT2D eigenvalue weighted by atomic mass is 16.6. The van der Waals surface area contributed by atoms with E-state index >= 15 is 0 Å². The molecule has 0 bridgehead atoms. The Bertz CT molecular complexity index is 650. The molecule has 2 aliphatic rings. The Morgan fingerprint density at radius 1 is 1.12 bits per heavy atom. The predicted octanol–water partition coefficient (Wildman–Crippen LogP) is 2.21. The van der Waals surface area contributed by atoms with Gasteiger partial charge in [-0.3, -0.25) is 14.9 Å². The summed E-state index contributed by atoms with van der Waals surface area (Å²) < 4.78 is 0. The van der Waals surface area contributed by atoms with E-state index in [4.69, 9.17) is 0 Å². The Kier molecular flexibility index (Phi) is 1.86. The number of benzene rings is 1. The lowest BCUT2D eigenvalue weighted by Gasteiger charge is -2.04. The minimum absolute atomic E-state index is 0.0822. The molecule has 0 aliphatic heterocycles. The molecule has 4 heteroatoms. The van der Waals surface area contributed by atoms with Crippen LogP contribution in [-0.4, -0.2) is 10.7 Å². The Morgan fingerprint density at radius 3 is 2.53 bits per heavy atom. The largest absolute Gasteiger partial charge is 0.289 e. The highest BCUT2D eigenvalue weighted by Crippen LogP contribution is 2.43. The monoisotopic (exact) mass is 225 g/mol. The van der Waals surface area contributed by atoms with Crippen molar-refractivity contribution in [3.8, 4) is 0 Å². The normalized spacial score (nSPS) is 16.7. The number of fused-ring (bicyclic) bond motifs is 3. The first-order valence-corrected chi connectivity index (χ1v) is 5.11. The topological polar surface area (TPSA) is 60.2 Å². The summed E-state index contributed by atoms with van der Waals surface area (Å²) in [4.78, 5) is 22.4. The Labute approximate surface area is 96.7 Å². The van der Waals surface area contributed by atoms with E-state index in [-0.39, 0.29) is 17.1 Å². The molecule has 0 saturated carbocycles. The third-order valence-corrected chi connectivity index (χ3v) is 2.92. The quantitative estimate of drug-likeness (QED) is 0.543. The summed E-state index contributed by atoms with van der Waals surface area (Å²) in [5, 5.41) is 11.1. The minimum atomic E-state index is -0.480. The average molecular weight is 225 g/mol. The van der Waals surface area contributed by atoms with Gasteiger partial charge in [-0.25, -0.2) is 0 Å². The summed E-state index contributed by atoms with van der Waals surface area (Å²) in [5.41, 5.74) is 2.06. The second-order valence-electron chi connectivity index (χ2n) is 3.83. The van der Waals surface area contributed by atoms with Crippen molar-refractivity contribution >= 4 is 17.1 Å². The third kappa shape index (κ3) is 1.21. The van der Waals surface area contributed by atoms with E-state index in [9.17, 15) is 14.9 Å². The van der Waals surface area contributed by atoms with Crippen LogP contribution in [0.25, 0.3) is 11.3 Å². The number of hydrogen-bond donors (Lipinski definition) is 0. The molecule has 0 spiro atoms. The Morgan fingerprint density at radius 2 is 1.82 bits per heavy atom. The molecule has 17 heavy (non-hydrogen) atoms. The van der Waals surface area contributed by atoms with Gasteiger partial charge in [0.2, 0.25) is 0 Å². The number of nitrogens with zero attached hydrogens (tertiary/aromatic N) is 1. The predicted molar refractivity (Wildman–Crippen MR) is 62.5 cm³/mol. The second kappa shape index (κ2) is 3.25. The van der Waals surface area contributed by atoms with E-state index in [1.807, 2.05) is 6.07 Å². The van der Waals surface area contributed by atoms with Gasteiger partial charge in [0.15, 0.2) is 5.78 Å². The molecular weight excluding hydrogens is 218 g/mol. The van der Waals surface area contributed by atoms with Gasteiger partial charge in [-0.05, 0) is 17.7 Å². The van der Waals surface area contributed by atoms with Crippen LogP contribution in [0.2, 0.25) is 0 Å². The van der Waals surface area contributed by atoms with E-state index in [0.29, 0.717) is 11.1 Å². The van der Waals surface area contributed by atoms with Crippen molar-refractivity contribution in [1.29, 1.82) is 0 Å². The van der Waals surface area contributed by atoms with Crippen molar-refractivity contribution in [3.05, 3.63) is 69.3 Å². The van der Waals surface area contributed by atoms with Crippen molar-refractivity contribution in [2.45, 2.75) is 0 Å². The fourth-order valence-corrected chi connectivity index (χ4v) is 2.25. The Balaban J connectivity index is 2.39. The molecule has 0 saturated heterocycles.